The normalized spacial score (nSPS) is 30.6. The van der Waals surface area contributed by atoms with Crippen molar-refractivity contribution in [3.63, 3.8) is 0 Å². The minimum absolute atomic E-state index is 0.00341. The van der Waals surface area contributed by atoms with Crippen LogP contribution in [0, 0.1) is 23.7 Å². The number of methoxy groups -OCH3 is 1. The van der Waals surface area contributed by atoms with Gasteiger partial charge in [-0.25, -0.2) is 0 Å². The zero-order valence-corrected chi connectivity index (χ0v) is 14.2. The summed E-state index contributed by atoms with van der Waals surface area (Å²) < 4.78 is 5.02. The van der Waals surface area contributed by atoms with Gasteiger partial charge in [-0.1, -0.05) is 0 Å². The summed E-state index contributed by atoms with van der Waals surface area (Å²) in [5.41, 5.74) is 0. The van der Waals surface area contributed by atoms with Crippen molar-refractivity contribution in [2.24, 2.45) is 23.7 Å². The molecule has 2 fully saturated rings. The van der Waals surface area contributed by atoms with Gasteiger partial charge in [0.05, 0.1) is 13.0 Å². The number of thioether (sulfide) groups is 2. The molecule has 2 saturated carbocycles. The van der Waals surface area contributed by atoms with Gasteiger partial charge in [0.25, 0.3) is 0 Å². The number of rotatable bonds is 5. The summed E-state index contributed by atoms with van der Waals surface area (Å²) in [6.07, 6.45) is 5.68. The molecule has 114 valence electrons. The van der Waals surface area contributed by atoms with Crippen LogP contribution in [0.25, 0.3) is 0 Å². The Hall–Kier alpha value is -0.610. The average Bonchev–Trinajstić information content (AvgIpc) is 3.30. The number of carbonyl (C=O) groups is 1. The third kappa shape index (κ3) is 3.59. The van der Waals surface area contributed by atoms with Crippen LogP contribution in [-0.4, -0.2) is 25.1 Å². The molecular weight excluding hydrogens is 300 g/mol. The average molecular weight is 322 g/mol. The quantitative estimate of drug-likeness (QED) is 0.595. The number of benzene rings is 1. The van der Waals surface area contributed by atoms with E-state index in [9.17, 15) is 4.79 Å². The Balaban J connectivity index is 1.60. The summed E-state index contributed by atoms with van der Waals surface area (Å²) >= 11 is 3.65. The molecule has 0 radical (unpaired) electrons. The van der Waals surface area contributed by atoms with Gasteiger partial charge in [-0.05, 0) is 67.5 Å². The fourth-order valence-electron chi connectivity index (χ4n) is 3.46. The van der Waals surface area contributed by atoms with E-state index in [0.717, 1.165) is 24.0 Å². The third-order valence-corrected chi connectivity index (χ3v) is 6.77. The highest BCUT2D eigenvalue weighted by Crippen LogP contribution is 2.54. The predicted octanol–water partition coefficient (Wildman–Crippen LogP) is 4.34. The van der Waals surface area contributed by atoms with Gasteiger partial charge >= 0.3 is 5.97 Å². The Kier molecular flexibility index (Phi) is 4.85. The van der Waals surface area contributed by atoms with E-state index in [1.807, 2.05) is 11.8 Å². The number of fused-ring (bicyclic) bond motifs is 1. The van der Waals surface area contributed by atoms with E-state index >= 15 is 0 Å². The molecule has 2 aliphatic carbocycles. The molecular formula is C17H22O2S2. The van der Waals surface area contributed by atoms with Crippen molar-refractivity contribution < 1.29 is 9.53 Å². The molecule has 2 aliphatic rings. The maximum Gasteiger partial charge on any atom is 0.308 e. The number of ether oxygens (including phenoxy) is 1. The molecule has 0 spiro atoms. The molecule has 0 saturated heterocycles. The lowest BCUT2D eigenvalue weighted by Gasteiger charge is -2.28. The van der Waals surface area contributed by atoms with Crippen LogP contribution in [0.5, 0.6) is 0 Å². The van der Waals surface area contributed by atoms with Crippen molar-refractivity contribution in [3.8, 4) is 0 Å². The van der Waals surface area contributed by atoms with E-state index < -0.39 is 0 Å². The van der Waals surface area contributed by atoms with E-state index in [1.165, 1.54) is 29.7 Å². The Morgan fingerprint density at radius 1 is 1.14 bits per heavy atom. The molecule has 0 amide bonds. The molecule has 3 rings (SSSR count). The smallest absolute Gasteiger partial charge is 0.308 e. The first-order chi connectivity index (χ1) is 10.2. The molecule has 1 aromatic carbocycles. The Morgan fingerprint density at radius 3 is 2.48 bits per heavy atom. The van der Waals surface area contributed by atoms with E-state index in [0.29, 0.717) is 5.92 Å². The first-order valence-electron chi connectivity index (χ1n) is 7.56. The molecule has 21 heavy (non-hydrogen) atoms. The second-order valence-electron chi connectivity index (χ2n) is 6.10. The lowest BCUT2D eigenvalue weighted by molar-refractivity contribution is -0.148. The zero-order valence-electron chi connectivity index (χ0n) is 12.6. The molecule has 0 aliphatic heterocycles. The van der Waals surface area contributed by atoms with Crippen molar-refractivity contribution in [2.45, 2.75) is 29.1 Å². The Labute approximate surface area is 135 Å². The number of hydrogen-bond acceptors (Lipinski definition) is 4. The summed E-state index contributed by atoms with van der Waals surface area (Å²) in [5.74, 6) is 3.32. The van der Waals surface area contributed by atoms with Gasteiger partial charge in [0.15, 0.2) is 0 Å². The minimum atomic E-state index is 0.00341. The van der Waals surface area contributed by atoms with Crippen LogP contribution in [0.2, 0.25) is 0 Å². The van der Waals surface area contributed by atoms with Gasteiger partial charge in [-0.3, -0.25) is 4.79 Å². The second-order valence-corrected chi connectivity index (χ2v) is 8.08. The van der Waals surface area contributed by atoms with Crippen LogP contribution in [0.4, 0.5) is 0 Å². The topological polar surface area (TPSA) is 26.3 Å². The lowest BCUT2D eigenvalue weighted by Crippen LogP contribution is -2.30. The van der Waals surface area contributed by atoms with E-state index in [4.69, 9.17) is 4.74 Å². The van der Waals surface area contributed by atoms with Crippen molar-refractivity contribution in [1.82, 2.24) is 0 Å². The fraction of sp³-hybridized carbons (Fsp3) is 0.588. The van der Waals surface area contributed by atoms with Crippen LogP contribution in [0.15, 0.2) is 34.1 Å². The van der Waals surface area contributed by atoms with Crippen molar-refractivity contribution >= 4 is 29.5 Å². The minimum Gasteiger partial charge on any atom is -0.469 e. The van der Waals surface area contributed by atoms with Gasteiger partial charge in [0.2, 0.25) is 0 Å². The number of hydrogen-bond donors (Lipinski definition) is 0. The fourth-order valence-corrected chi connectivity index (χ4v) is 4.97. The molecule has 4 heteroatoms. The third-order valence-electron chi connectivity index (χ3n) is 4.83. The largest absolute Gasteiger partial charge is 0.469 e. The van der Waals surface area contributed by atoms with Crippen LogP contribution in [0.1, 0.15) is 19.3 Å². The van der Waals surface area contributed by atoms with Crippen molar-refractivity contribution in [1.29, 1.82) is 0 Å². The van der Waals surface area contributed by atoms with Crippen LogP contribution >= 0.6 is 23.5 Å². The standard InChI is InChI=1S/C17H22O2S2/c1-19-17(18)16-9-12-7-11(12)8-13(16)10-21-15-5-3-14(20-2)4-6-15/h3-6,11-13,16H,7-10H2,1-2H3. The SMILES string of the molecule is COC(=O)C1CC2CC2CC1CSc1ccc(SC)cc1. The van der Waals surface area contributed by atoms with E-state index in [2.05, 4.69) is 30.5 Å². The second kappa shape index (κ2) is 6.66. The van der Waals surface area contributed by atoms with Gasteiger partial charge < -0.3 is 4.74 Å². The monoisotopic (exact) mass is 322 g/mol. The number of carbonyl (C=O) groups excluding carboxylic acids is 1. The first kappa shape index (κ1) is 15.3. The maximum absolute atomic E-state index is 12.0. The van der Waals surface area contributed by atoms with Crippen molar-refractivity contribution in [2.75, 3.05) is 19.1 Å². The zero-order chi connectivity index (χ0) is 14.8. The van der Waals surface area contributed by atoms with Gasteiger partial charge in [-0.2, -0.15) is 0 Å². The van der Waals surface area contributed by atoms with Crippen LogP contribution in [0.3, 0.4) is 0 Å². The molecule has 0 aromatic heterocycles. The molecule has 4 unspecified atom stereocenters. The highest BCUT2D eigenvalue weighted by atomic mass is 32.2. The van der Waals surface area contributed by atoms with E-state index in [1.54, 1.807) is 11.8 Å². The van der Waals surface area contributed by atoms with E-state index in [-0.39, 0.29) is 11.9 Å². The van der Waals surface area contributed by atoms with Gasteiger partial charge in [-0.15, -0.1) is 23.5 Å². The summed E-state index contributed by atoms with van der Waals surface area (Å²) in [5, 5.41) is 0. The summed E-state index contributed by atoms with van der Waals surface area (Å²) in [4.78, 5) is 14.6. The Bertz CT molecular complexity index is 500. The summed E-state index contributed by atoms with van der Waals surface area (Å²) in [7, 11) is 1.52. The maximum atomic E-state index is 12.0. The summed E-state index contributed by atoms with van der Waals surface area (Å²) in [6.45, 7) is 0. The van der Waals surface area contributed by atoms with Crippen LogP contribution in [-0.2, 0) is 9.53 Å². The first-order valence-corrected chi connectivity index (χ1v) is 9.77. The predicted molar refractivity (Wildman–Crippen MR) is 88.8 cm³/mol. The van der Waals surface area contributed by atoms with Crippen molar-refractivity contribution in [3.05, 3.63) is 24.3 Å². The highest BCUT2D eigenvalue weighted by Gasteiger charge is 2.48. The number of esters is 1. The molecule has 0 N–H and O–H groups in total. The molecule has 1 aromatic rings. The highest BCUT2D eigenvalue weighted by molar-refractivity contribution is 7.99. The molecule has 4 atom stereocenters. The summed E-state index contributed by atoms with van der Waals surface area (Å²) in [6, 6.07) is 8.71. The van der Waals surface area contributed by atoms with Gasteiger partial charge in [0, 0.05) is 15.5 Å². The van der Waals surface area contributed by atoms with Gasteiger partial charge in [0.1, 0.15) is 0 Å². The lowest BCUT2D eigenvalue weighted by atomic mass is 9.80. The molecule has 0 bridgehead atoms. The molecule has 2 nitrogen and oxygen atoms in total. The van der Waals surface area contributed by atoms with Crippen LogP contribution < -0.4 is 0 Å². The Morgan fingerprint density at radius 2 is 1.81 bits per heavy atom. The molecule has 0 heterocycles.